The summed E-state index contributed by atoms with van der Waals surface area (Å²) in [6, 6.07) is 59.5. The third kappa shape index (κ3) is 5.16. The lowest BCUT2D eigenvalue weighted by Gasteiger charge is -2.14. The first-order chi connectivity index (χ1) is 28.7. The van der Waals surface area contributed by atoms with Gasteiger partial charge in [-0.25, -0.2) is 4.98 Å². The van der Waals surface area contributed by atoms with Gasteiger partial charge in [0.2, 0.25) is 5.95 Å². The van der Waals surface area contributed by atoms with Crippen LogP contribution in [0.5, 0.6) is 0 Å². The van der Waals surface area contributed by atoms with Gasteiger partial charge in [-0.1, -0.05) is 152 Å². The summed E-state index contributed by atoms with van der Waals surface area (Å²) in [5.74, 6) is 1.74. The van der Waals surface area contributed by atoms with Crippen LogP contribution < -0.4 is 0 Å². The number of nitrogens with zero attached hydrogens (tertiary/aromatic N) is 6. The summed E-state index contributed by atoms with van der Waals surface area (Å²) in [6.45, 7) is 6.16. The Balaban J connectivity index is 1.22. The highest BCUT2D eigenvalue weighted by Gasteiger charge is 2.24. The van der Waals surface area contributed by atoms with Gasteiger partial charge in [0.1, 0.15) is 0 Å². The summed E-state index contributed by atoms with van der Waals surface area (Å²) in [6.07, 6.45) is 5.99. The molecule has 11 aromatic rings. The lowest BCUT2D eigenvalue weighted by molar-refractivity contribution is 0.951. The van der Waals surface area contributed by atoms with Crippen molar-refractivity contribution in [1.29, 1.82) is 0 Å². The smallest absolute Gasteiger partial charge is 0.238 e. The Morgan fingerprint density at radius 2 is 0.966 bits per heavy atom. The van der Waals surface area contributed by atoms with Gasteiger partial charge in [-0.2, -0.15) is 9.97 Å². The number of rotatable bonds is 7. The molecule has 274 valence electrons. The standard InChI is InChI=1S/C52H36N6/c1-3-4-24-39-34(2)56(37-21-9-6-10-22-37)48-43(39)31-32-44-42-27-13-16-30-47(42)58(49(44)48)52-54-50(35-18-7-5-8-19-35)53-51(55-52)36-20-17-23-38(33-36)57-45-28-14-11-25-40(45)41-26-12-15-29-46(41)57/h3-33H,1H2,2H3/b24-4-. The van der Waals surface area contributed by atoms with E-state index in [0.29, 0.717) is 17.6 Å². The minimum absolute atomic E-state index is 0.548. The number of benzene rings is 7. The fraction of sp³-hybridized carbons (Fsp3) is 0.0192. The first-order valence-corrected chi connectivity index (χ1v) is 19.5. The highest BCUT2D eigenvalue weighted by atomic mass is 15.2. The van der Waals surface area contributed by atoms with Crippen LogP contribution in [-0.2, 0) is 0 Å². The molecule has 0 saturated heterocycles. The quantitative estimate of drug-likeness (QED) is 0.153. The third-order valence-electron chi connectivity index (χ3n) is 11.3. The van der Waals surface area contributed by atoms with E-state index < -0.39 is 0 Å². The number of hydrogen-bond donors (Lipinski definition) is 0. The molecule has 6 nitrogen and oxygen atoms in total. The zero-order chi connectivity index (χ0) is 38.7. The van der Waals surface area contributed by atoms with Gasteiger partial charge in [0, 0.05) is 60.7 Å². The van der Waals surface area contributed by atoms with Gasteiger partial charge < -0.3 is 9.13 Å². The second-order valence-corrected chi connectivity index (χ2v) is 14.5. The molecule has 6 heteroatoms. The molecule has 0 N–H and O–H groups in total. The fourth-order valence-electron chi connectivity index (χ4n) is 8.74. The summed E-state index contributed by atoms with van der Waals surface area (Å²) < 4.78 is 6.93. The van der Waals surface area contributed by atoms with E-state index in [9.17, 15) is 0 Å². The van der Waals surface area contributed by atoms with Crippen molar-refractivity contribution in [3.8, 4) is 40.1 Å². The molecule has 0 aliphatic heterocycles. The Hall–Kier alpha value is -7.83. The average molecular weight is 745 g/mol. The van der Waals surface area contributed by atoms with Crippen molar-refractivity contribution < 1.29 is 0 Å². The Morgan fingerprint density at radius 1 is 0.448 bits per heavy atom. The Bertz CT molecular complexity index is 3370. The first kappa shape index (κ1) is 33.5. The molecule has 0 atom stereocenters. The highest BCUT2D eigenvalue weighted by molar-refractivity contribution is 6.19. The van der Waals surface area contributed by atoms with Gasteiger partial charge in [0.25, 0.3) is 0 Å². The zero-order valence-corrected chi connectivity index (χ0v) is 31.8. The van der Waals surface area contributed by atoms with Gasteiger partial charge in [-0.05, 0) is 49.4 Å². The maximum Gasteiger partial charge on any atom is 0.238 e. The third-order valence-corrected chi connectivity index (χ3v) is 11.3. The van der Waals surface area contributed by atoms with Crippen LogP contribution in [0.1, 0.15) is 11.3 Å². The Kier molecular flexibility index (Phi) is 7.76. The molecule has 4 aromatic heterocycles. The lowest BCUT2D eigenvalue weighted by Crippen LogP contribution is -2.07. The zero-order valence-electron chi connectivity index (χ0n) is 31.8. The average Bonchev–Trinajstić information content (AvgIpc) is 3.91. The van der Waals surface area contributed by atoms with Gasteiger partial charge >= 0.3 is 0 Å². The minimum atomic E-state index is 0.548. The van der Waals surface area contributed by atoms with E-state index >= 15 is 0 Å². The van der Waals surface area contributed by atoms with Crippen molar-refractivity contribution in [2.24, 2.45) is 0 Å². The van der Waals surface area contributed by atoms with Gasteiger partial charge in [0.05, 0.1) is 27.6 Å². The normalized spacial score (nSPS) is 11.9. The fourth-order valence-corrected chi connectivity index (χ4v) is 8.74. The first-order valence-electron chi connectivity index (χ1n) is 19.5. The van der Waals surface area contributed by atoms with Crippen LogP contribution in [0.3, 0.4) is 0 Å². The molecule has 58 heavy (non-hydrogen) atoms. The summed E-state index contributed by atoms with van der Waals surface area (Å²) in [5.41, 5.74) is 11.6. The Labute approximate surface area is 334 Å². The summed E-state index contributed by atoms with van der Waals surface area (Å²) in [7, 11) is 0. The van der Waals surface area contributed by atoms with Crippen molar-refractivity contribution >= 4 is 60.6 Å². The number of para-hydroxylation sites is 4. The van der Waals surface area contributed by atoms with E-state index in [1.807, 2.05) is 30.4 Å². The van der Waals surface area contributed by atoms with Gasteiger partial charge in [-0.3, -0.25) is 4.57 Å². The van der Waals surface area contributed by atoms with E-state index in [4.69, 9.17) is 15.0 Å². The van der Waals surface area contributed by atoms with E-state index in [1.54, 1.807) is 0 Å². The topological polar surface area (TPSA) is 53.5 Å². The molecule has 4 heterocycles. The van der Waals surface area contributed by atoms with Crippen LogP contribution in [0, 0.1) is 6.92 Å². The van der Waals surface area contributed by atoms with Crippen molar-refractivity contribution in [1.82, 2.24) is 28.7 Å². The van der Waals surface area contributed by atoms with Crippen molar-refractivity contribution in [3.05, 3.63) is 200 Å². The highest BCUT2D eigenvalue weighted by Crippen LogP contribution is 2.41. The minimum Gasteiger partial charge on any atom is -0.311 e. The van der Waals surface area contributed by atoms with Crippen molar-refractivity contribution in [2.75, 3.05) is 0 Å². The molecule has 0 aliphatic rings. The second-order valence-electron chi connectivity index (χ2n) is 14.5. The SMILES string of the molecule is C=C/C=C\c1c(C)n(-c2ccccc2)c2c1ccc1c3ccccc3n(-c3nc(-c4ccccc4)nc(-c4cccc(-n5c6ccccc6c6ccccc65)c4)n3)c12. The molecular weight excluding hydrogens is 709 g/mol. The van der Waals surface area contributed by atoms with Crippen LogP contribution in [0.15, 0.2) is 189 Å². The van der Waals surface area contributed by atoms with E-state index in [2.05, 4.69) is 185 Å². The Morgan fingerprint density at radius 3 is 1.64 bits per heavy atom. The molecule has 7 aromatic carbocycles. The maximum atomic E-state index is 5.40. The number of hydrogen-bond acceptors (Lipinski definition) is 3. The molecule has 0 fully saturated rings. The van der Waals surface area contributed by atoms with Gasteiger partial charge in [-0.15, -0.1) is 0 Å². The predicted octanol–water partition coefficient (Wildman–Crippen LogP) is 12.9. The molecule has 0 radical (unpaired) electrons. The van der Waals surface area contributed by atoms with Crippen LogP contribution in [-0.4, -0.2) is 28.7 Å². The van der Waals surface area contributed by atoms with Crippen LogP contribution in [0.2, 0.25) is 0 Å². The molecule has 0 unspecified atom stereocenters. The lowest BCUT2D eigenvalue weighted by atomic mass is 10.1. The molecule has 0 aliphatic carbocycles. The van der Waals surface area contributed by atoms with Crippen LogP contribution in [0.4, 0.5) is 0 Å². The molecule has 11 rings (SSSR count). The summed E-state index contributed by atoms with van der Waals surface area (Å²) in [5, 5.41) is 5.81. The largest absolute Gasteiger partial charge is 0.311 e. The van der Waals surface area contributed by atoms with Crippen LogP contribution >= 0.6 is 0 Å². The summed E-state index contributed by atoms with van der Waals surface area (Å²) >= 11 is 0. The molecular formula is C52H36N6. The van der Waals surface area contributed by atoms with E-state index in [0.717, 1.165) is 77.5 Å². The van der Waals surface area contributed by atoms with E-state index in [-0.39, 0.29) is 0 Å². The number of fused-ring (bicyclic) bond motifs is 8. The van der Waals surface area contributed by atoms with Crippen molar-refractivity contribution in [3.63, 3.8) is 0 Å². The van der Waals surface area contributed by atoms with Crippen LogP contribution in [0.25, 0.3) is 101 Å². The van der Waals surface area contributed by atoms with E-state index in [1.165, 1.54) is 10.8 Å². The maximum absolute atomic E-state index is 5.40. The summed E-state index contributed by atoms with van der Waals surface area (Å²) in [4.78, 5) is 15.9. The molecule has 0 bridgehead atoms. The van der Waals surface area contributed by atoms with Crippen molar-refractivity contribution in [2.45, 2.75) is 6.92 Å². The number of allylic oxidation sites excluding steroid dienone is 2. The number of aromatic nitrogens is 6. The predicted molar refractivity (Wildman–Crippen MR) is 240 cm³/mol. The molecule has 0 spiro atoms. The molecule has 0 saturated carbocycles. The molecule has 0 amide bonds. The monoisotopic (exact) mass is 744 g/mol. The van der Waals surface area contributed by atoms with Gasteiger partial charge in [0.15, 0.2) is 11.6 Å². The second kappa shape index (κ2) is 13.4.